The summed E-state index contributed by atoms with van der Waals surface area (Å²) in [6, 6.07) is 17.5. The number of nitrogens with zero attached hydrogens (tertiary/aromatic N) is 5. The quantitative estimate of drug-likeness (QED) is 0.357. The van der Waals surface area contributed by atoms with Gasteiger partial charge in [0.05, 0.1) is 22.6 Å². The number of thiophene rings is 1. The molecular formula is C23H21N5O2S2. The Hall–Kier alpha value is -3.17. The molecule has 0 spiro atoms. The van der Waals surface area contributed by atoms with E-state index in [9.17, 15) is 4.79 Å². The van der Waals surface area contributed by atoms with E-state index in [2.05, 4.69) is 15.3 Å². The number of amides is 1. The van der Waals surface area contributed by atoms with Gasteiger partial charge in [-0.3, -0.25) is 4.79 Å². The fraction of sp³-hybridized carbons (Fsp3) is 0.217. The van der Waals surface area contributed by atoms with E-state index in [4.69, 9.17) is 4.42 Å². The minimum absolute atomic E-state index is 0.0881. The number of hydrogen-bond donors (Lipinski definition) is 0. The maximum Gasteiger partial charge on any atom is 0.253 e. The van der Waals surface area contributed by atoms with Crippen LogP contribution in [-0.2, 0) is 11.3 Å². The lowest BCUT2D eigenvalue weighted by molar-refractivity contribution is -0.130. The molecular weight excluding hydrogens is 442 g/mol. The van der Waals surface area contributed by atoms with Crippen molar-refractivity contribution in [3.63, 3.8) is 0 Å². The zero-order valence-electron chi connectivity index (χ0n) is 17.4. The first kappa shape index (κ1) is 20.7. The Kier molecular flexibility index (Phi) is 5.91. The van der Waals surface area contributed by atoms with Gasteiger partial charge in [0, 0.05) is 18.5 Å². The normalized spacial score (nSPS) is 15.8. The van der Waals surface area contributed by atoms with Crippen molar-refractivity contribution in [2.45, 2.75) is 31.1 Å². The third-order valence-corrected chi connectivity index (χ3v) is 7.10. The molecule has 1 amide bonds. The van der Waals surface area contributed by atoms with Gasteiger partial charge in [-0.05, 0) is 30.5 Å². The zero-order chi connectivity index (χ0) is 21.9. The molecule has 32 heavy (non-hydrogen) atoms. The van der Waals surface area contributed by atoms with Crippen LogP contribution in [0.2, 0.25) is 0 Å². The number of carbonyl (C=O) groups is 1. The van der Waals surface area contributed by atoms with Gasteiger partial charge in [0.25, 0.3) is 5.91 Å². The smallest absolute Gasteiger partial charge is 0.253 e. The predicted octanol–water partition coefficient (Wildman–Crippen LogP) is 5.09. The van der Waals surface area contributed by atoms with Crippen molar-refractivity contribution >= 4 is 34.7 Å². The first-order valence-electron chi connectivity index (χ1n) is 10.3. The van der Waals surface area contributed by atoms with Crippen LogP contribution in [0.25, 0.3) is 11.4 Å². The molecule has 5 rings (SSSR count). The van der Waals surface area contributed by atoms with Crippen molar-refractivity contribution in [2.75, 3.05) is 5.75 Å². The van der Waals surface area contributed by atoms with Gasteiger partial charge in [-0.25, -0.2) is 5.01 Å². The summed E-state index contributed by atoms with van der Waals surface area (Å²) in [4.78, 5) is 14.3. The van der Waals surface area contributed by atoms with Crippen molar-refractivity contribution in [1.29, 1.82) is 0 Å². The van der Waals surface area contributed by atoms with Crippen molar-refractivity contribution in [1.82, 2.24) is 19.8 Å². The third-order valence-electron chi connectivity index (χ3n) is 5.23. The van der Waals surface area contributed by atoms with E-state index in [1.54, 1.807) is 22.6 Å². The summed E-state index contributed by atoms with van der Waals surface area (Å²) >= 11 is 3.00. The Morgan fingerprint density at radius 3 is 2.75 bits per heavy atom. The van der Waals surface area contributed by atoms with Crippen molar-refractivity contribution < 1.29 is 9.21 Å². The summed E-state index contributed by atoms with van der Waals surface area (Å²) in [6.45, 7) is 2.76. The van der Waals surface area contributed by atoms with E-state index < -0.39 is 0 Å². The number of thioether (sulfide) groups is 1. The van der Waals surface area contributed by atoms with Crippen LogP contribution in [0, 0.1) is 0 Å². The molecule has 1 aromatic carbocycles. The van der Waals surface area contributed by atoms with Gasteiger partial charge < -0.3 is 8.98 Å². The fourth-order valence-electron chi connectivity index (χ4n) is 3.71. The summed E-state index contributed by atoms with van der Waals surface area (Å²) < 4.78 is 7.65. The molecule has 7 nitrogen and oxygen atoms in total. The number of carbonyl (C=O) groups excluding carboxylic acids is 1. The predicted molar refractivity (Wildman–Crippen MR) is 126 cm³/mol. The Balaban J connectivity index is 1.35. The topological polar surface area (TPSA) is 76.5 Å². The van der Waals surface area contributed by atoms with E-state index >= 15 is 0 Å². The molecule has 3 aromatic heterocycles. The van der Waals surface area contributed by atoms with Crippen LogP contribution in [0.1, 0.15) is 30.0 Å². The highest BCUT2D eigenvalue weighted by atomic mass is 32.2. The van der Waals surface area contributed by atoms with Crippen LogP contribution in [0.5, 0.6) is 0 Å². The molecule has 0 bridgehead atoms. The molecule has 0 saturated carbocycles. The summed E-state index contributed by atoms with van der Waals surface area (Å²) in [6.07, 6.45) is 2.26. The Labute approximate surface area is 193 Å². The SMILES string of the molecule is CCn1c(SCC(=O)N2N=C(c3cccs3)C[C@H]2c2ccco2)nnc1-c1ccccc1. The van der Waals surface area contributed by atoms with Crippen molar-refractivity contribution in [3.05, 3.63) is 76.9 Å². The van der Waals surface area contributed by atoms with Crippen molar-refractivity contribution in [2.24, 2.45) is 5.10 Å². The van der Waals surface area contributed by atoms with Gasteiger partial charge in [0.15, 0.2) is 11.0 Å². The standard InChI is InChI=1S/C23H21N5O2S2/c1-2-27-22(16-8-4-3-5-9-16)24-25-23(27)32-15-21(29)28-18(19-10-6-12-30-19)14-17(26-28)20-11-7-13-31-20/h3-13,18H,2,14-15H2,1H3/t18-/m0/s1. The van der Waals surface area contributed by atoms with Gasteiger partial charge in [-0.2, -0.15) is 5.10 Å². The fourth-order valence-corrected chi connectivity index (χ4v) is 5.28. The number of benzene rings is 1. The molecule has 1 aliphatic heterocycles. The molecule has 0 fully saturated rings. The van der Waals surface area contributed by atoms with Gasteiger partial charge in [-0.1, -0.05) is 48.2 Å². The summed E-state index contributed by atoms with van der Waals surface area (Å²) in [5, 5.41) is 17.7. The highest BCUT2D eigenvalue weighted by Gasteiger charge is 2.35. The van der Waals surface area contributed by atoms with Crippen LogP contribution >= 0.6 is 23.1 Å². The van der Waals surface area contributed by atoms with E-state index in [0.717, 1.165) is 32.9 Å². The second-order valence-corrected chi connectivity index (χ2v) is 9.09. The van der Waals surface area contributed by atoms with Crippen LogP contribution < -0.4 is 0 Å². The summed E-state index contributed by atoms with van der Waals surface area (Å²) in [5.74, 6) is 1.66. The molecule has 0 aliphatic carbocycles. The van der Waals surface area contributed by atoms with Crippen LogP contribution in [0.3, 0.4) is 0 Å². The van der Waals surface area contributed by atoms with E-state index in [1.165, 1.54) is 11.8 Å². The molecule has 162 valence electrons. The van der Waals surface area contributed by atoms with Crippen molar-refractivity contribution in [3.8, 4) is 11.4 Å². The second-order valence-electron chi connectivity index (χ2n) is 7.20. The molecule has 0 N–H and O–H groups in total. The average Bonchev–Trinajstić information content (AvgIpc) is 3.63. The van der Waals surface area contributed by atoms with Crippen LogP contribution in [0.15, 0.2) is 80.9 Å². The van der Waals surface area contributed by atoms with Crippen LogP contribution in [-0.4, -0.2) is 37.1 Å². The Morgan fingerprint density at radius 2 is 2.03 bits per heavy atom. The monoisotopic (exact) mass is 463 g/mol. The zero-order valence-corrected chi connectivity index (χ0v) is 19.1. The van der Waals surface area contributed by atoms with E-state index in [1.807, 2.05) is 71.5 Å². The Bertz CT molecular complexity index is 1220. The maximum atomic E-state index is 13.2. The lowest BCUT2D eigenvalue weighted by Crippen LogP contribution is -2.28. The first-order valence-corrected chi connectivity index (χ1v) is 12.2. The average molecular weight is 464 g/mol. The van der Waals surface area contributed by atoms with Gasteiger partial charge >= 0.3 is 0 Å². The number of hydrogen-bond acceptors (Lipinski definition) is 7. The molecule has 0 radical (unpaired) electrons. The summed E-state index contributed by atoms with van der Waals surface area (Å²) in [5.41, 5.74) is 1.91. The number of hydrazone groups is 1. The highest BCUT2D eigenvalue weighted by Crippen LogP contribution is 2.35. The Morgan fingerprint density at radius 1 is 1.16 bits per heavy atom. The molecule has 4 aromatic rings. The van der Waals surface area contributed by atoms with E-state index in [0.29, 0.717) is 13.0 Å². The molecule has 1 aliphatic rings. The third kappa shape index (κ3) is 4.01. The lowest BCUT2D eigenvalue weighted by atomic mass is 10.1. The van der Waals surface area contributed by atoms with Gasteiger partial charge in [0.1, 0.15) is 11.8 Å². The molecule has 0 saturated heterocycles. The minimum atomic E-state index is -0.237. The summed E-state index contributed by atoms with van der Waals surface area (Å²) in [7, 11) is 0. The minimum Gasteiger partial charge on any atom is -0.467 e. The molecule has 0 unspecified atom stereocenters. The number of furan rings is 1. The second kappa shape index (κ2) is 9.13. The maximum absolute atomic E-state index is 13.2. The number of aromatic nitrogens is 3. The molecule has 9 heteroatoms. The molecule has 1 atom stereocenters. The van der Waals surface area contributed by atoms with E-state index in [-0.39, 0.29) is 17.7 Å². The van der Waals surface area contributed by atoms with Crippen LogP contribution in [0.4, 0.5) is 0 Å². The largest absolute Gasteiger partial charge is 0.467 e. The molecule has 4 heterocycles. The number of rotatable bonds is 7. The highest BCUT2D eigenvalue weighted by molar-refractivity contribution is 7.99. The lowest BCUT2D eigenvalue weighted by Gasteiger charge is -2.19. The van der Waals surface area contributed by atoms with Gasteiger partial charge in [-0.15, -0.1) is 21.5 Å². The van der Waals surface area contributed by atoms with Gasteiger partial charge in [0.2, 0.25) is 0 Å². The first-order chi connectivity index (χ1) is 15.7.